The minimum atomic E-state index is -0.517. The Morgan fingerprint density at radius 2 is 1.80 bits per heavy atom. The van der Waals surface area contributed by atoms with Gasteiger partial charge in [-0.15, -0.1) is 0 Å². The molecule has 1 heterocycles. The van der Waals surface area contributed by atoms with Crippen molar-refractivity contribution in [2.75, 3.05) is 26.0 Å². The number of rotatable bonds is 6. The molecule has 0 saturated heterocycles. The van der Waals surface area contributed by atoms with Gasteiger partial charge in [-0.3, -0.25) is 9.69 Å². The molecule has 6 nitrogen and oxygen atoms in total. The predicted molar refractivity (Wildman–Crippen MR) is 95.7 cm³/mol. The predicted octanol–water partition coefficient (Wildman–Crippen LogP) is 3.06. The minimum Gasteiger partial charge on any atom is -0.463 e. The Hall–Kier alpha value is -2.60. The summed E-state index contributed by atoms with van der Waals surface area (Å²) >= 11 is 0. The molecule has 0 aliphatic heterocycles. The first kappa shape index (κ1) is 18.7. The number of hydrogen-bond donors (Lipinski definition) is 1. The summed E-state index contributed by atoms with van der Waals surface area (Å²) in [5.74, 6) is 0.133. The number of carbonyl (C=O) groups is 2. The molecule has 25 heavy (non-hydrogen) atoms. The zero-order valence-corrected chi connectivity index (χ0v) is 15.3. The third-order valence-corrected chi connectivity index (χ3v) is 3.83. The fourth-order valence-electron chi connectivity index (χ4n) is 2.80. The quantitative estimate of drug-likeness (QED) is 0.816. The minimum absolute atomic E-state index is 0.0997. The Kier molecular flexibility index (Phi) is 5.98. The van der Waals surface area contributed by atoms with Crippen LogP contribution in [0, 0.1) is 20.8 Å². The van der Waals surface area contributed by atoms with Crippen LogP contribution in [-0.2, 0) is 16.1 Å². The van der Waals surface area contributed by atoms with Gasteiger partial charge in [-0.2, -0.15) is 0 Å². The average Bonchev–Trinajstić information content (AvgIpc) is 2.98. The van der Waals surface area contributed by atoms with Gasteiger partial charge in [0.2, 0.25) is 11.7 Å². The molecule has 1 aromatic carbocycles. The van der Waals surface area contributed by atoms with Gasteiger partial charge in [-0.25, -0.2) is 4.79 Å². The van der Waals surface area contributed by atoms with Crippen LogP contribution >= 0.6 is 0 Å². The summed E-state index contributed by atoms with van der Waals surface area (Å²) in [7, 11) is 3.12. The van der Waals surface area contributed by atoms with Crippen LogP contribution in [0.3, 0.4) is 0 Å². The third-order valence-electron chi connectivity index (χ3n) is 3.83. The van der Waals surface area contributed by atoms with Gasteiger partial charge in [0.25, 0.3) is 0 Å². The van der Waals surface area contributed by atoms with E-state index in [1.807, 2.05) is 44.9 Å². The molecule has 0 unspecified atom stereocenters. The number of hydrogen-bond acceptors (Lipinski definition) is 5. The van der Waals surface area contributed by atoms with Gasteiger partial charge in [0, 0.05) is 5.69 Å². The van der Waals surface area contributed by atoms with E-state index in [1.165, 1.54) is 12.7 Å². The summed E-state index contributed by atoms with van der Waals surface area (Å²) in [5, 5.41) is 2.97. The summed E-state index contributed by atoms with van der Waals surface area (Å²) in [6.07, 6.45) is 0. The fourth-order valence-corrected chi connectivity index (χ4v) is 2.80. The van der Waals surface area contributed by atoms with E-state index in [9.17, 15) is 9.59 Å². The van der Waals surface area contributed by atoms with Crippen LogP contribution in [-0.4, -0.2) is 37.5 Å². The Labute approximate surface area is 147 Å². The molecule has 0 fully saturated rings. The highest BCUT2D eigenvalue weighted by molar-refractivity contribution is 5.93. The third kappa shape index (κ3) is 4.93. The van der Waals surface area contributed by atoms with Gasteiger partial charge >= 0.3 is 5.97 Å². The highest BCUT2D eigenvalue weighted by atomic mass is 16.5. The lowest BCUT2D eigenvalue weighted by atomic mass is 10.1. The number of nitrogens with one attached hydrogen (secondary N) is 1. The van der Waals surface area contributed by atoms with Crippen molar-refractivity contribution in [3.63, 3.8) is 0 Å². The van der Waals surface area contributed by atoms with E-state index in [4.69, 9.17) is 4.42 Å². The monoisotopic (exact) mass is 344 g/mol. The summed E-state index contributed by atoms with van der Waals surface area (Å²) in [6, 6.07) is 7.36. The number of esters is 1. The zero-order valence-electron chi connectivity index (χ0n) is 15.3. The molecule has 134 valence electrons. The molecule has 0 bridgehead atoms. The number of anilines is 1. The molecule has 1 aromatic heterocycles. The SMILES string of the molecule is COC(=O)c1ccc(CN(C)CC(=O)Nc2c(C)cc(C)cc2C)o1. The molecule has 0 spiro atoms. The molecule has 0 aliphatic carbocycles. The van der Waals surface area contributed by atoms with Crippen molar-refractivity contribution in [1.29, 1.82) is 0 Å². The first-order chi connectivity index (χ1) is 11.8. The summed E-state index contributed by atoms with van der Waals surface area (Å²) < 4.78 is 10.0. The topological polar surface area (TPSA) is 71.8 Å². The maximum absolute atomic E-state index is 12.3. The maximum Gasteiger partial charge on any atom is 0.373 e. The second-order valence-corrected chi connectivity index (χ2v) is 6.25. The maximum atomic E-state index is 12.3. The van der Waals surface area contributed by atoms with Gasteiger partial charge in [-0.05, 0) is 51.1 Å². The number of likely N-dealkylation sites (N-methyl/N-ethyl adjacent to an activating group) is 1. The van der Waals surface area contributed by atoms with Gasteiger partial charge in [0.05, 0.1) is 20.2 Å². The van der Waals surface area contributed by atoms with E-state index >= 15 is 0 Å². The Morgan fingerprint density at radius 1 is 1.16 bits per heavy atom. The normalized spacial score (nSPS) is 10.8. The Bertz CT molecular complexity index is 756. The molecule has 0 atom stereocenters. The second-order valence-electron chi connectivity index (χ2n) is 6.25. The molecule has 0 aliphatic rings. The number of benzene rings is 1. The Morgan fingerprint density at radius 3 is 2.40 bits per heavy atom. The van der Waals surface area contributed by atoms with Gasteiger partial charge in [0.15, 0.2) is 0 Å². The smallest absolute Gasteiger partial charge is 0.373 e. The number of nitrogens with zero attached hydrogens (tertiary/aromatic N) is 1. The standard InChI is InChI=1S/C19H24N2O4/c1-12-8-13(2)18(14(3)9-12)20-17(22)11-21(4)10-15-6-7-16(25-15)19(23)24-5/h6-9H,10-11H2,1-5H3,(H,20,22). The van der Waals surface area contributed by atoms with Crippen LogP contribution in [0.4, 0.5) is 5.69 Å². The highest BCUT2D eigenvalue weighted by Crippen LogP contribution is 2.21. The van der Waals surface area contributed by atoms with Crippen LogP contribution in [0.1, 0.15) is 33.0 Å². The molecule has 2 rings (SSSR count). The van der Waals surface area contributed by atoms with Gasteiger partial charge in [-0.1, -0.05) is 17.7 Å². The van der Waals surface area contributed by atoms with Crippen molar-refractivity contribution in [2.45, 2.75) is 27.3 Å². The van der Waals surface area contributed by atoms with Crippen LogP contribution in [0.2, 0.25) is 0 Å². The van der Waals surface area contributed by atoms with E-state index in [-0.39, 0.29) is 18.2 Å². The number of furan rings is 1. The number of methoxy groups -OCH3 is 1. The molecule has 0 radical (unpaired) electrons. The van der Waals surface area contributed by atoms with Crippen LogP contribution < -0.4 is 5.32 Å². The van der Waals surface area contributed by atoms with Crippen molar-refractivity contribution in [1.82, 2.24) is 4.90 Å². The van der Waals surface area contributed by atoms with Crippen LogP contribution in [0.15, 0.2) is 28.7 Å². The average molecular weight is 344 g/mol. The van der Waals surface area contributed by atoms with Crippen molar-refractivity contribution < 1.29 is 18.7 Å². The first-order valence-electron chi connectivity index (χ1n) is 8.03. The Balaban J connectivity index is 1.94. The van der Waals surface area contributed by atoms with Crippen molar-refractivity contribution >= 4 is 17.6 Å². The van der Waals surface area contributed by atoms with E-state index in [0.717, 1.165) is 16.8 Å². The summed E-state index contributed by atoms with van der Waals surface area (Å²) in [6.45, 7) is 6.62. The van der Waals surface area contributed by atoms with Crippen LogP contribution in [0.5, 0.6) is 0 Å². The summed E-state index contributed by atoms with van der Waals surface area (Å²) in [4.78, 5) is 25.5. The van der Waals surface area contributed by atoms with E-state index in [1.54, 1.807) is 12.1 Å². The highest BCUT2D eigenvalue weighted by Gasteiger charge is 2.14. The molecular formula is C19H24N2O4. The van der Waals surface area contributed by atoms with Gasteiger partial charge < -0.3 is 14.5 Å². The lowest BCUT2D eigenvalue weighted by Gasteiger charge is -2.17. The lowest BCUT2D eigenvalue weighted by molar-refractivity contribution is -0.117. The van der Waals surface area contributed by atoms with Crippen molar-refractivity contribution in [3.8, 4) is 0 Å². The van der Waals surface area contributed by atoms with Crippen molar-refractivity contribution in [2.24, 2.45) is 0 Å². The molecule has 1 amide bonds. The number of aryl methyl sites for hydroxylation is 3. The van der Waals surface area contributed by atoms with Gasteiger partial charge in [0.1, 0.15) is 5.76 Å². The molecule has 1 N–H and O–H groups in total. The van der Waals surface area contributed by atoms with Crippen molar-refractivity contribution in [3.05, 3.63) is 52.5 Å². The molecule has 0 saturated carbocycles. The summed E-state index contributed by atoms with van der Waals surface area (Å²) in [5.41, 5.74) is 4.11. The molecule has 2 aromatic rings. The number of carbonyl (C=O) groups excluding carboxylic acids is 2. The van der Waals surface area contributed by atoms with E-state index < -0.39 is 5.97 Å². The lowest BCUT2D eigenvalue weighted by Crippen LogP contribution is -2.30. The number of ether oxygens (including phenoxy) is 1. The molecular weight excluding hydrogens is 320 g/mol. The number of amides is 1. The van der Waals surface area contributed by atoms with Crippen LogP contribution in [0.25, 0.3) is 0 Å². The van der Waals surface area contributed by atoms with E-state index in [0.29, 0.717) is 12.3 Å². The second kappa shape index (κ2) is 7.98. The first-order valence-corrected chi connectivity index (χ1v) is 8.03. The largest absolute Gasteiger partial charge is 0.463 e. The fraction of sp³-hybridized carbons (Fsp3) is 0.368. The molecule has 6 heteroatoms. The zero-order chi connectivity index (χ0) is 18.6. The van der Waals surface area contributed by atoms with E-state index in [2.05, 4.69) is 10.1 Å².